The van der Waals surface area contributed by atoms with Crippen LogP contribution in [-0.2, 0) is 21.5 Å². The van der Waals surface area contributed by atoms with Crippen LogP contribution in [0.15, 0.2) is 18.2 Å². The number of hydrogen-bond donors (Lipinski definition) is 0. The minimum Gasteiger partial charge on any atom is -0.338 e. The van der Waals surface area contributed by atoms with Gasteiger partial charge < -0.3 is 9.69 Å². The first-order valence-corrected chi connectivity index (χ1v) is 7.25. The van der Waals surface area contributed by atoms with Gasteiger partial charge in [0.25, 0.3) is 0 Å². The van der Waals surface area contributed by atoms with E-state index in [1.807, 2.05) is 17.0 Å². The largest absolute Gasteiger partial charge is 0.338 e. The van der Waals surface area contributed by atoms with Gasteiger partial charge in [-0.1, -0.05) is 48.0 Å². The predicted octanol–water partition coefficient (Wildman–Crippen LogP) is 2.96. The second kappa shape index (κ2) is 5.08. The molecule has 1 heterocycles. The molecule has 0 aromatic heterocycles. The summed E-state index contributed by atoms with van der Waals surface area (Å²) in [5.74, 6) is 0.106. The third-order valence-electron chi connectivity index (χ3n) is 3.69. The average molecular weight is 324 g/mol. The second-order valence-corrected chi connectivity index (χ2v) is 6.70. The minimum atomic E-state index is -0.264. The number of fused-ring (bicyclic) bond motifs is 1. The van der Waals surface area contributed by atoms with Crippen LogP contribution in [0.25, 0.3) is 0 Å². The molecule has 1 aromatic carbocycles. The van der Waals surface area contributed by atoms with Crippen LogP contribution < -0.4 is 0 Å². The lowest BCUT2D eigenvalue weighted by Gasteiger charge is -2.40. The van der Waals surface area contributed by atoms with Crippen molar-refractivity contribution >= 4 is 28.1 Å². The van der Waals surface area contributed by atoms with Gasteiger partial charge in [0.1, 0.15) is 6.29 Å². The summed E-state index contributed by atoms with van der Waals surface area (Å²) in [5.41, 5.74) is 3.28. The molecule has 0 saturated carbocycles. The third-order valence-corrected chi connectivity index (χ3v) is 4.44. The number of alkyl halides is 1. The zero-order chi connectivity index (χ0) is 14.2. The molecule has 1 aliphatic rings. The monoisotopic (exact) mass is 323 g/mol. The summed E-state index contributed by atoms with van der Waals surface area (Å²) in [6.07, 6.45) is 0.888. The standard InChI is InChI=1S/C15H18BrNO2/c1-10(19)17-7-12-5-4-11(14(16)8-18)6-13(12)15(2,3)9-17/h4-6,8,14H,7,9H2,1-3H3. The molecular formula is C15H18BrNO2. The molecule has 1 unspecified atom stereocenters. The van der Waals surface area contributed by atoms with Gasteiger partial charge in [0, 0.05) is 25.4 Å². The lowest BCUT2D eigenvalue weighted by molar-refractivity contribution is -0.130. The van der Waals surface area contributed by atoms with Crippen molar-refractivity contribution in [3.8, 4) is 0 Å². The Morgan fingerprint density at radius 2 is 2.16 bits per heavy atom. The molecular weight excluding hydrogens is 306 g/mol. The summed E-state index contributed by atoms with van der Waals surface area (Å²) in [5, 5.41) is 0. The van der Waals surface area contributed by atoms with Crippen LogP contribution in [0.5, 0.6) is 0 Å². The van der Waals surface area contributed by atoms with Crippen LogP contribution in [0.1, 0.15) is 42.3 Å². The molecule has 0 N–H and O–H groups in total. The highest BCUT2D eigenvalue weighted by atomic mass is 79.9. The molecule has 0 fully saturated rings. The minimum absolute atomic E-state index is 0.0924. The molecule has 19 heavy (non-hydrogen) atoms. The molecule has 1 aliphatic heterocycles. The van der Waals surface area contributed by atoms with Gasteiger partial charge in [0.2, 0.25) is 5.91 Å². The summed E-state index contributed by atoms with van der Waals surface area (Å²) < 4.78 is 0. The number of halogens is 1. The third kappa shape index (κ3) is 2.73. The van der Waals surface area contributed by atoms with Crippen LogP contribution in [0, 0.1) is 0 Å². The fourth-order valence-corrected chi connectivity index (χ4v) is 2.94. The first-order chi connectivity index (χ1) is 8.85. The maximum Gasteiger partial charge on any atom is 0.219 e. The van der Waals surface area contributed by atoms with Gasteiger partial charge in [0.15, 0.2) is 0 Å². The van der Waals surface area contributed by atoms with Gasteiger partial charge in [-0.15, -0.1) is 0 Å². The van der Waals surface area contributed by atoms with Crippen molar-refractivity contribution in [2.75, 3.05) is 6.54 Å². The van der Waals surface area contributed by atoms with Crippen molar-refractivity contribution in [2.45, 2.75) is 37.6 Å². The number of amides is 1. The molecule has 0 aliphatic carbocycles. The summed E-state index contributed by atoms with van der Waals surface area (Å²) in [4.78, 5) is 24.1. The summed E-state index contributed by atoms with van der Waals surface area (Å²) in [6.45, 7) is 7.25. The van der Waals surface area contributed by atoms with E-state index in [2.05, 4.69) is 35.8 Å². The van der Waals surface area contributed by atoms with Crippen molar-refractivity contribution in [1.82, 2.24) is 4.90 Å². The van der Waals surface area contributed by atoms with Crippen molar-refractivity contribution in [3.63, 3.8) is 0 Å². The Bertz CT molecular complexity index is 525. The van der Waals surface area contributed by atoms with E-state index in [0.29, 0.717) is 13.1 Å². The highest BCUT2D eigenvalue weighted by molar-refractivity contribution is 9.09. The number of nitrogens with zero attached hydrogens (tertiary/aromatic N) is 1. The van der Waals surface area contributed by atoms with E-state index in [4.69, 9.17) is 0 Å². The highest BCUT2D eigenvalue weighted by Gasteiger charge is 2.33. The maximum atomic E-state index is 11.6. The molecule has 4 heteroatoms. The Kier molecular flexibility index (Phi) is 3.81. The zero-order valence-electron chi connectivity index (χ0n) is 11.4. The summed E-state index contributed by atoms with van der Waals surface area (Å²) in [7, 11) is 0. The topological polar surface area (TPSA) is 37.4 Å². The first-order valence-electron chi connectivity index (χ1n) is 6.33. The Labute approximate surface area is 122 Å². The first kappa shape index (κ1) is 14.3. The molecule has 3 nitrogen and oxygen atoms in total. The van der Waals surface area contributed by atoms with Crippen molar-refractivity contribution in [1.29, 1.82) is 0 Å². The lowest BCUT2D eigenvalue weighted by Crippen LogP contribution is -2.44. The Morgan fingerprint density at radius 1 is 1.47 bits per heavy atom. The number of benzene rings is 1. The van der Waals surface area contributed by atoms with E-state index < -0.39 is 0 Å². The van der Waals surface area contributed by atoms with E-state index >= 15 is 0 Å². The fourth-order valence-electron chi connectivity index (χ4n) is 2.66. The molecule has 0 spiro atoms. The van der Waals surface area contributed by atoms with Gasteiger partial charge in [-0.3, -0.25) is 4.79 Å². The van der Waals surface area contributed by atoms with Crippen LogP contribution >= 0.6 is 15.9 Å². The van der Waals surface area contributed by atoms with Gasteiger partial charge in [0.05, 0.1) is 4.83 Å². The normalized spacial score (nSPS) is 18.6. The Morgan fingerprint density at radius 3 is 2.74 bits per heavy atom. The highest BCUT2D eigenvalue weighted by Crippen LogP contribution is 2.35. The van der Waals surface area contributed by atoms with Crippen LogP contribution in [0.4, 0.5) is 0 Å². The molecule has 2 rings (SSSR count). The Balaban J connectivity index is 2.45. The molecule has 102 valence electrons. The molecule has 1 atom stereocenters. The van der Waals surface area contributed by atoms with E-state index in [1.165, 1.54) is 11.1 Å². The second-order valence-electron chi connectivity index (χ2n) is 5.71. The van der Waals surface area contributed by atoms with Crippen LogP contribution in [-0.4, -0.2) is 23.6 Å². The smallest absolute Gasteiger partial charge is 0.219 e. The van der Waals surface area contributed by atoms with Gasteiger partial charge in [-0.2, -0.15) is 0 Å². The van der Waals surface area contributed by atoms with Crippen LogP contribution in [0.2, 0.25) is 0 Å². The van der Waals surface area contributed by atoms with E-state index in [9.17, 15) is 9.59 Å². The average Bonchev–Trinajstić information content (AvgIpc) is 2.36. The van der Waals surface area contributed by atoms with Gasteiger partial charge >= 0.3 is 0 Å². The number of rotatable bonds is 2. The zero-order valence-corrected chi connectivity index (χ0v) is 13.0. The maximum absolute atomic E-state index is 11.6. The predicted molar refractivity (Wildman–Crippen MR) is 78.3 cm³/mol. The summed E-state index contributed by atoms with van der Waals surface area (Å²) >= 11 is 3.35. The van der Waals surface area contributed by atoms with Crippen molar-refractivity contribution in [2.24, 2.45) is 0 Å². The number of aldehydes is 1. The van der Waals surface area contributed by atoms with E-state index in [0.717, 1.165) is 11.8 Å². The van der Waals surface area contributed by atoms with Crippen molar-refractivity contribution in [3.05, 3.63) is 34.9 Å². The number of carbonyl (C=O) groups excluding carboxylic acids is 2. The molecule has 0 bridgehead atoms. The quantitative estimate of drug-likeness (QED) is 0.620. The number of carbonyl (C=O) groups is 2. The molecule has 1 amide bonds. The van der Waals surface area contributed by atoms with Crippen LogP contribution in [0.3, 0.4) is 0 Å². The van der Waals surface area contributed by atoms with Gasteiger partial charge in [-0.05, 0) is 16.7 Å². The van der Waals surface area contributed by atoms with E-state index in [-0.39, 0.29) is 16.1 Å². The molecule has 0 radical (unpaired) electrons. The summed E-state index contributed by atoms with van der Waals surface area (Å²) in [6, 6.07) is 6.06. The Hall–Kier alpha value is -1.16. The number of hydrogen-bond acceptors (Lipinski definition) is 2. The lowest BCUT2D eigenvalue weighted by atomic mass is 9.77. The van der Waals surface area contributed by atoms with E-state index in [1.54, 1.807) is 6.92 Å². The fraction of sp³-hybridized carbons (Fsp3) is 0.467. The van der Waals surface area contributed by atoms with Crippen molar-refractivity contribution < 1.29 is 9.59 Å². The van der Waals surface area contributed by atoms with Gasteiger partial charge in [-0.25, -0.2) is 0 Å². The molecule has 1 aromatic rings. The SMILES string of the molecule is CC(=O)N1Cc2ccc(C(Br)C=O)cc2C(C)(C)C1. The molecule has 0 saturated heterocycles.